The number of nitrogens with one attached hydrogen (secondary N) is 1. The summed E-state index contributed by atoms with van der Waals surface area (Å²) >= 11 is 0. The van der Waals surface area contributed by atoms with Gasteiger partial charge in [-0.25, -0.2) is 9.59 Å². The second kappa shape index (κ2) is 7.22. The van der Waals surface area contributed by atoms with Crippen LogP contribution in [0.5, 0.6) is 5.75 Å². The van der Waals surface area contributed by atoms with Gasteiger partial charge < -0.3 is 18.8 Å². The predicted octanol–water partition coefficient (Wildman–Crippen LogP) is 1.94. The van der Waals surface area contributed by atoms with E-state index in [0.717, 1.165) is 0 Å². The highest BCUT2D eigenvalue weighted by Gasteiger charge is 2.23. The normalized spacial score (nSPS) is 9.75. The Morgan fingerprint density at radius 1 is 1.45 bits per heavy atom. The molecule has 1 N–H and O–H groups in total. The number of ether oxygens (including phenoxy) is 3. The number of hydrogen-bond donors (Lipinski definition) is 1. The van der Waals surface area contributed by atoms with Gasteiger partial charge in [-0.05, 0) is 6.92 Å². The topological polar surface area (TPSA) is 78.8 Å². The van der Waals surface area contributed by atoms with Gasteiger partial charge in [0.2, 0.25) is 0 Å². The molecule has 1 amide bonds. The molecule has 1 rings (SSSR count). The molecule has 0 aliphatic heterocycles. The molecule has 0 aliphatic carbocycles. The van der Waals surface area contributed by atoms with Gasteiger partial charge in [0.25, 0.3) is 0 Å². The molecule has 1 aromatic rings. The Hall–Kier alpha value is -2.44. The van der Waals surface area contributed by atoms with Crippen molar-refractivity contribution in [2.24, 2.45) is 7.05 Å². The zero-order valence-electron chi connectivity index (χ0n) is 11.8. The smallest absolute Gasteiger partial charge is 0.412 e. The molecular weight excluding hydrogens is 264 g/mol. The second-order valence-electron chi connectivity index (χ2n) is 3.77. The van der Waals surface area contributed by atoms with Gasteiger partial charge in [-0.15, -0.1) is 0 Å². The van der Waals surface area contributed by atoms with Crippen molar-refractivity contribution in [3.8, 4) is 5.75 Å². The molecule has 110 valence electrons. The van der Waals surface area contributed by atoms with Crippen LogP contribution >= 0.6 is 0 Å². The number of amides is 1. The molecule has 0 fully saturated rings. The highest BCUT2D eigenvalue weighted by atomic mass is 16.5. The van der Waals surface area contributed by atoms with Gasteiger partial charge in [0.1, 0.15) is 12.3 Å². The molecule has 1 heterocycles. The number of nitrogens with zero attached hydrogens (tertiary/aromatic N) is 1. The van der Waals surface area contributed by atoms with Gasteiger partial charge in [0, 0.05) is 13.2 Å². The number of aromatic nitrogens is 1. The molecule has 0 aliphatic rings. The first-order chi connectivity index (χ1) is 9.54. The van der Waals surface area contributed by atoms with E-state index < -0.39 is 12.1 Å². The Bertz CT molecular complexity index is 507. The molecule has 0 unspecified atom stereocenters. The summed E-state index contributed by atoms with van der Waals surface area (Å²) in [5, 5.41) is 2.49. The van der Waals surface area contributed by atoms with E-state index in [4.69, 9.17) is 14.2 Å². The van der Waals surface area contributed by atoms with Crippen molar-refractivity contribution in [1.82, 2.24) is 4.57 Å². The summed E-state index contributed by atoms with van der Waals surface area (Å²) in [6.07, 6.45) is 2.33. The number of anilines is 1. The largest absolute Gasteiger partial charge is 0.492 e. The first-order valence-corrected chi connectivity index (χ1v) is 6.00. The van der Waals surface area contributed by atoms with E-state index in [2.05, 4.69) is 11.9 Å². The fourth-order valence-corrected chi connectivity index (χ4v) is 1.62. The number of methoxy groups -OCH3 is 1. The summed E-state index contributed by atoms with van der Waals surface area (Å²) in [6.45, 7) is 5.48. The lowest BCUT2D eigenvalue weighted by atomic mass is 10.3. The SMILES string of the molecule is C=CCOC(=O)Nc1cn(C)c(C(=O)OCC)c1OC. The van der Waals surface area contributed by atoms with Gasteiger partial charge in [0.05, 0.1) is 13.7 Å². The van der Waals surface area contributed by atoms with Crippen LogP contribution in [-0.2, 0) is 16.5 Å². The number of rotatable bonds is 6. The summed E-state index contributed by atoms with van der Waals surface area (Å²) in [4.78, 5) is 23.3. The third-order valence-corrected chi connectivity index (χ3v) is 2.38. The average Bonchev–Trinajstić information content (AvgIpc) is 2.72. The van der Waals surface area contributed by atoms with Crippen molar-refractivity contribution < 1.29 is 23.8 Å². The van der Waals surface area contributed by atoms with Crippen molar-refractivity contribution in [2.75, 3.05) is 25.6 Å². The summed E-state index contributed by atoms with van der Waals surface area (Å²) in [6, 6.07) is 0. The molecule has 0 atom stereocenters. The Labute approximate surface area is 117 Å². The Morgan fingerprint density at radius 2 is 2.15 bits per heavy atom. The Balaban J connectivity index is 2.98. The zero-order chi connectivity index (χ0) is 15.1. The molecule has 0 spiro atoms. The van der Waals surface area contributed by atoms with Crippen LogP contribution in [0.1, 0.15) is 17.4 Å². The minimum Gasteiger partial charge on any atom is -0.492 e. The molecule has 0 bridgehead atoms. The highest BCUT2D eigenvalue weighted by Crippen LogP contribution is 2.31. The minimum absolute atomic E-state index is 0.0890. The lowest BCUT2D eigenvalue weighted by molar-refractivity contribution is 0.0511. The molecule has 1 aromatic heterocycles. The Kier molecular flexibility index (Phi) is 5.64. The third kappa shape index (κ3) is 3.53. The molecule has 7 nitrogen and oxygen atoms in total. The molecular formula is C13H18N2O5. The van der Waals surface area contributed by atoms with E-state index in [0.29, 0.717) is 5.69 Å². The van der Waals surface area contributed by atoms with Gasteiger partial charge in [-0.3, -0.25) is 5.32 Å². The highest BCUT2D eigenvalue weighted by molar-refractivity contribution is 5.96. The number of hydrogen-bond acceptors (Lipinski definition) is 5. The molecule has 7 heteroatoms. The number of aryl methyl sites for hydroxylation is 1. The van der Waals surface area contributed by atoms with E-state index in [1.54, 1.807) is 20.2 Å². The fraction of sp³-hybridized carbons (Fsp3) is 0.385. The van der Waals surface area contributed by atoms with E-state index >= 15 is 0 Å². The van der Waals surface area contributed by atoms with Crippen molar-refractivity contribution >= 4 is 17.7 Å². The number of carbonyl (C=O) groups excluding carboxylic acids is 2. The maximum Gasteiger partial charge on any atom is 0.412 e. The van der Waals surface area contributed by atoms with E-state index in [-0.39, 0.29) is 24.7 Å². The maximum atomic E-state index is 11.8. The lowest BCUT2D eigenvalue weighted by Gasteiger charge is -2.07. The number of carbonyl (C=O) groups is 2. The molecule has 20 heavy (non-hydrogen) atoms. The van der Waals surface area contributed by atoms with Crippen LogP contribution in [0, 0.1) is 0 Å². The van der Waals surface area contributed by atoms with Crippen molar-refractivity contribution in [1.29, 1.82) is 0 Å². The minimum atomic E-state index is -0.663. The van der Waals surface area contributed by atoms with Gasteiger partial charge in [-0.2, -0.15) is 0 Å². The van der Waals surface area contributed by atoms with Crippen LogP contribution in [0.15, 0.2) is 18.9 Å². The molecule has 0 radical (unpaired) electrons. The van der Waals surface area contributed by atoms with Crippen LogP contribution in [0.25, 0.3) is 0 Å². The molecule has 0 aromatic carbocycles. The van der Waals surface area contributed by atoms with E-state index in [1.165, 1.54) is 17.8 Å². The number of esters is 1. The zero-order valence-corrected chi connectivity index (χ0v) is 11.8. The summed E-state index contributed by atoms with van der Waals surface area (Å²) in [5.41, 5.74) is 0.542. The van der Waals surface area contributed by atoms with Crippen LogP contribution < -0.4 is 10.1 Å². The summed E-state index contributed by atoms with van der Waals surface area (Å²) < 4.78 is 16.4. The molecule has 0 saturated carbocycles. The molecule has 0 saturated heterocycles. The quantitative estimate of drug-likeness (QED) is 0.637. The average molecular weight is 282 g/mol. The van der Waals surface area contributed by atoms with Crippen LogP contribution in [0.4, 0.5) is 10.5 Å². The third-order valence-electron chi connectivity index (χ3n) is 2.38. The first-order valence-electron chi connectivity index (χ1n) is 6.00. The monoisotopic (exact) mass is 282 g/mol. The van der Waals surface area contributed by atoms with Gasteiger partial charge >= 0.3 is 12.1 Å². The first kappa shape index (κ1) is 15.6. The second-order valence-corrected chi connectivity index (χ2v) is 3.77. The van der Waals surface area contributed by atoms with Crippen LogP contribution in [-0.4, -0.2) is 37.0 Å². The van der Waals surface area contributed by atoms with E-state index in [1.807, 2.05) is 0 Å². The van der Waals surface area contributed by atoms with Gasteiger partial charge in [0.15, 0.2) is 11.4 Å². The van der Waals surface area contributed by atoms with Crippen LogP contribution in [0.3, 0.4) is 0 Å². The van der Waals surface area contributed by atoms with E-state index in [9.17, 15) is 9.59 Å². The maximum absolute atomic E-state index is 11.8. The summed E-state index contributed by atoms with van der Waals surface area (Å²) in [7, 11) is 3.05. The van der Waals surface area contributed by atoms with Crippen LogP contribution in [0.2, 0.25) is 0 Å². The Morgan fingerprint density at radius 3 is 2.70 bits per heavy atom. The standard InChI is InChI=1S/C13H18N2O5/c1-5-7-20-13(17)14-9-8-15(3)10(11(9)18-4)12(16)19-6-2/h5,8H,1,6-7H2,2-4H3,(H,14,17). The summed E-state index contributed by atoms with van der Waals surface area (Å²) in [5.74, 6) is -0.305. The fourth-order valence-electron chi connectivity index (χ4n) is 1.62. The van der Waals surface area contributed by atoms with Gasteiger partial charge in [-0.1, -0.05) is 12.7 Å². The van der Waals surface area contributed by atoms with Crippen molar-refractivity contribution in [3.05, 3.63) is 24.5 Å². The predicted molar refractivity (Wildman–Crippen MR) is 73.1 cm³/mol. The van der Waals surface area contributed by atoms with Crippen molar-refractivity contribution in [3.63, 3.8) is 0 Å². The lowest BCUT2D eigenvalue weighted by Crippen LogP contribution is -2.14. The van der Waals surface area contributed by atoms with Crippen molar-refractivity contribution in [2.45, 2.75) is 6.92 Å².